The van der Waals surface area contributed by atoms with Crippen molar-refractivity contribution in [3.8, 4) is 0 Å². The van der Waals surface area contributed by atoms with Crippen LogP contribution in [0, 0.1) is 20.8 Å². The van der Waals surface area contributed by atoms with Gasteiger partial charge in [-0.05, 0) is 56.2 Å². The predicted octanol–water partition coefficient (Wildman–Crippen LogP) is 5.65. The third-order valence-corrected chi connectivity index (χ3v) is 7.75. The average Bonchev–Trinajstić information content (AvgIpc) is 2.58. The molecular weight excluding hydrogens is 362 g/mol. The van der Waals surface area contributed by atoms with Gasteiger partial charge >= 0.3 is 0 Å². The zero-order chi connectivity index (χ0) is 18.5. The molecule has 1 aliphatic heterocycles. The molecule has 3 aromatic rings. The van der Waals surface area contributed by atoms with Crippen molar-refractivity contribution < 1.29 is 8.42 Å². The van der Waals surface area contributed by atoms with Crippen LogP contribution >= 0.6 is 11.8 Å². The number of para-hydroxylation sites is 2. The summed E-state index contributed by atoms with van der Waals surface area (Å²) in [7, 11) is -3.64. The molecule has 4 rings (SSSR count). The Kier molecular flexibility index (Phi) is 4.09. The van der Waals surface area contributed by atoms with Crippen molar-refractivity contribution >= 4 is 33.0 Å². The number of nitrogens with one attached hydrogen (secondary N) is 1. The fourth-order valence-electron chi connectivity index (χ4n) is 3.56. The van der Waals surface area contributed by atoms with Crippen molar-refractivity contribution in [1.82, 2.24) is 0 Å². The molecule has 0 aliphatic carbocycles. The van der Waals surface area contributed by atoms with E-state index in [2.05, 4.69) is 5.32 Å². The molecular formula is C21H19NO2S2. The van der Waals surface area contributed by atoms with E-state index < -0.39 is 9.84 Å². The van der Waals surface area contributed by atoms with Crippen LogP contribution in [0.4, 0.5) is 11.4 Å². The van der Waals surface area contributed by atoms with Gasteiger partial charge in [0.15, 0.2) is 0 Å². The highest BCUT2D eigenvalue weighted by Gasteiger charge is 2.28. The minimum Gasteiger partial charge on any atom is -0.353 e. The first-order valence-electron chi connectivity index (χ1n) is 8.38. The Labute approximate surface area is 158 Å². The highest BCUT2D eigenvalue weighted by molar-refractivity contribution is 7.99. The van der Waals surface area contributed by atoms with E-state index >= 15 is 0 Å². The largest absolute Gasteiger partial charge is 0.353 e. The van der Waals surface area contributed by atoms with Gasteiger partial charge in [0, 0.05) is 9.79 Å². The van der Waals surface area contributed by atoms with Crippen LogP contribution < -0.4 is 5.32 Å². The van der Waals surface area contributed by atoms with E-state index in [-0.39, 0.29) is 0 Å². The number of anilines is 2. The molecule has 0 bridgehead atoms. The molecule has 1 aliphatic rings. The molecule has 1 heterocycles. The third kappa shape index (κ3) is 2.72. The minimum absolute atomic E-state index is 0.326. The van der Waals surface area contributed by atoms with E-state index in [0.717, 1.165) is 32.2 Å². The zero-order valence-corrected chi connectivity index (χ0v) is 16.5. The van der Waals surface area contributed by atoms with Crippen LogP contribution in [0.2, 0.25) is 0 Å². The summed E-state index contributed by atoms with van der Waals surface area (Å²) in [6.07, 6.45) is 0. The van der Waals surface area contributed by atoms with Crippen LogP contribution in [0.25, 0.3) is 0 Å². The Morgan fingerprint density at radius 3 is 2.23 bits per heavy atom. The Morgan fingerprint density at radius 1 is 0.846 bits per heavy atom. The minimum atomic E-state index is -3.64. The fourth-order valence-corrected chi connectivity index (χ4v) is 6.52. The van der Waals surface area contributed by atoms with E-state index in [1.807, 2.05) is 69.3 Å². The van der Waals surface area contributed by atoms with Crippen molar-refractivity contribution in [3.63, 3.8) is 0 Å². The number of hydrogen-bond acceptors (Lipinski definition) is 4. The first-order chi connectivity index (χ1) is 12.4. The summed E-state index contributed by atoms with van der Waals surface area (Å²) >= 11 is 1.59. The number of rotatable bonds is 2. The first-order valence-corrected chi connectivity index (χ1v) is 10.7. The second-order valence-electron chi connectivity index (χ2n) is 6.58. The fraction of sp³-hybridized carbons (Fsp3) is 0.143. The number of fused-ring (bicyclic) bond motifs is 2. The quantitative estimate of drug-likeness (QED) is 0.487. The first kappa shape index (κ1) is 17.2. The SMILES string of the molecule is Cc1cc(C)c(S(=O)(=O)c2cccc3c2Nc2ccccc2S3)c(C)c1. The predicted molar refractivity (Wildman–Crippen MR) is 106 cm³/mol. The standard InChI is InChI=1S/C21H19NO2S2/c1-13-11-14(2)21(15(3)12-13)26(23,24)19-10-6-9-18-20(19)22-16-7-4-5-8-17(16)25-18/h4-12,22H,1-3H3. The smallest absolute Gasteiger partial charge is 0.209 e. The van der Waals surface area contributed by atoms with Gasteiger partial charge in [-0.3, -0.25) is 0 Å². The number of hydrogen-bond donors (Lipinski definition) is 1. The summed E-state index contributed by atoms with van der Waals surface area (Å²) < 4.78 is 27.0. The van der Waals surface area contributed by atoms with Gasteiger partial charge in [0.25, 0.3) is 0 Å². The Balaban J connectivity index is 1.91. The van der Waals surface area contributed by atoms with Crippen molar-refractivity contribution in [2.75, 3.05) is 5.32 Å². The van der Waals surface area contributed by atoms with Crippen molar-refractivity contribution in [1.29, 1.82) is 0 Å². The van der Waals surface area contributed by atoms with E-state index in [1.54, 1.807) is 17.8 Å². The van der Waals surface area contributed by atoms with Gasteiger partial charge in [-0.2, -0.15) is 0 Å². The Morgan fingerprint density at radius 2 is 1.50 bits per heavy atom. The van der Waals surface area contributed by atoms with Gasteiger partial charge in [0.05, 0.1) is 21.2 Å². The average molecular weight is 382 g/mol. The summed E-state index contributed by atoms with van der Waals surface area (Å²) in [5.74, 6) is 0. The molecule has 0 saturated carbocycles. The van der Waals surface area contributed by atoms with Gasteiger partial charge in [-0.1, -0.05) is 47.7 Å². The van der Waals surface area contributed by atoms with E-state index in [4.69, 9.17) is 0 Å². The number of aryl methyl sites for hydroxylation is 3. The summed E-state index contributed by atoms with van der Waals surface area (Å²) in [6, 6.07) is 17.2. The molecule has 0 amide bonds. The molecule has 0 aromatic heterocycles. The summed E-state index contributed by atoms with van der Waals surface area (Å²) in [6.45, 7) is 5.70. The summed E-state index contributed by atoms with van der Waals surface area (Å²) in [4.78, 5) is 2.75. The molecule has 0 radical (unpaired) electrons. The molecule has 0 spiro atoms. The molecule has 26 heavy (non-hydrogen) atoms. The monoisotopic (exact) mass is 381 g/mol. The van der Waals surface area contributed by atoms with Gasteiger partial charge in [0.1, 0.15) is 0 Å². The second kappa shape index (κ2) is 6.18. The molecule has 3 nitrogen and oxygen atoms in total. The van der Waals surface area contributed by atoms with Crippen molar-refractivity contribution in [2.24, 2.45) is 0 Å². The molecule has 0 unspecified atom stereocenters. The van der Waals surface area contributed by atoms with E-state index in [0.29, 0.717) is 15.5 Å². The maximum atomic E-state index is 13.5. The normalized spacial score (nSPS) is 12.9. The van der Waals surface area contributed by atoms with Crippen molar-refractivity contribution in [2.45, 2.75) is 40.4 Å². The van der Waals surface area contributed by atoms with Gasteiger partial charge in [0.2, 0.25) is 9.84 Å². The maximum absolute atomic E-state index is 13.5. The van der Waals surface area contributed by atoms with Crippen LogP contribution in [0.1, 0.15) is 16.7 Å². The summed E-state index contributed by atoms with van der Waals surface area (Å²) in [5.41, 5.74) is 4.23. The Hall–Kier alpha value is -2.24. The summed E-state index contributed by atoms with van der Waals surface area (Å²) in [5, 5.41) is 3.34. The van der Waals surface area contributed by atoms with Gasteiger partial charge in [-0.15, -0.1) is 0 Å². The van der Waals surface area contributed by atoms with Crippen LogP contribution in [-0.2, 0) is 9.84 Å². The topological polar surface area (TPSA) is 46.2 Å². The number of benzene rings is 3. The van der Waals surface area contributed by atoms with Crippen molar-refractivity contribution in [3.05, 3.63) is 71.3 Å². The maximum Gasteiger partial charge on any atom is 0.209 e. The van der Waals surface area contributed by atoms with Crippen LogP contribution in [0.15, 0.2) is 74.2 Å². The molecule has 0 fully saturated rings. The van der Waals surface area contributed by atoms with Gasteiger partial charge < -0.3 is 5.32 Å². The molecule has 5 heteroatoms. The lowest BCUT2D eigenvalue weighted by atomic mass is 10.1. The molecule has 3 aromatic carbocycles. The molecule has 132 valence electrons. The Bertz CT molecular complexity index is 1110. The highest BCUT2D eigenvalue weighted by Crippen LogP contribution is 2.47. The van der Waals surface area contributed by atoms with E-state index in [1.165, 1.54) is 0 Å². The lowest BCUT2D eigenvalue weighted by molar-refractivity contribution is 0.595. The lowest BCUT2D eigenvalue weighted by Gasteiger charge is -2.23. The number of sulfone groups is 1. The third-order valence-electron chi connectivity index (χ3n) is 4.52. The molecule has 0 saturated heterocycles. The highest BCUT2D eigenvalue weighted by atomic mass is 32.2. The second-order valence-corrected chi connectivity index (χ2v) is 9.52. The zero-order valence-electron chi connectivity index (χ0n) is 14.8. The van der Waals surface area contributed by atoms with Crippen LogP contribution in [0.5, 0.6) is 0 Å². The van der Waals surface area contributed by atoms with Gasteiger partial charge in [-0.25, -0.2) is 8.42 Å². The lowest BCUT2D eigenvalue weighted by Crippen LogP contribution is -2.11. The molecule has 0 atom stereocenters. The van der Waals surface area contributed by atoms with Crippen LogP contribution in [0.3, 0.4) is 0 Å². The molecule has 1 N–H and O–H groups in total. The van der Waals surface area contributed by atoms with Crippen LogP contribution in [-0.4, -0.2) is 8.42 Å². The van der Waals surface area contributed by atoms with E-state index in [9.17, 15) is 8.42 Å².